The number of hydrogen-bond acceptors (Lipinski definition) is 4. The van der Waals surface area contributed by atoms with Gasteiger partial charge >= 0.3 is 5.97 Å². The normalized spacial score (nSPS) is 11.1. The third-order valence-corrected chi connectivity index (χ3v) is 4.95. The quantitative estimate of drug-likeness (QED) is 0.231. The molecule has 1 heterocycles. The molecule has 0 saturated heterocycles. The molecule has 0 amide bonds. The summed E-state index contributed by atoms with van der Waals surface area (Å²) < 4.78 is 11.0. The summed E-state index contributed by atoms with van der Waals surface area (Å²) in [6, 6.07) is 19.5. The Kier molecular flexibility index (Phi) is 5.50. The van der Waals surface area contributed by atoms with Crippen LogP contribution in [0.15, 0.2) is 88.3 Å². The lowest BCUT2D eigenvalue weighted by Crippen LogP contribution is -2.06. The summed E-state index contributed by atoms with van der Waals surface area (Å²) in [4.78, 5) is 25.0. The van der Waals surface area contributed by atoms with E-state index in [1.54, 1.807) is 42.5 Å². The second-order valence-electron chi connectivity index (χ2n) is 6.78. The molecule has 5 heteroatoms. The van der Waals surface area contributed by atoms with E-state index in [0.29, 0.717) is 27.1 Å². The first-order chi connectivity index (χ1) is 14.5. The maximum absolute atomic E-state index is 12.9. The van der Waals surface area contributed by atoms with E-state index in [9.17, 15) is 9.59 Å². The zero-order chi connectivity index (χ0) is 21.1. The van der Waals surface area contributed by atoms with Gasteiger partial charge in [-0.1, -0.05) is 59.6 Å². The Morgan fingerprint density at radius 3 is 2.53 bits per heavy atom. The Morgan fingerprint density at radius 1 is 1.00 bits per heavy atom. The van der Waals surface area contributed by atoms with E-state index >= 15 is 0 Å². The minimum Gasteiger partial charge on any atom is -0.463 e. The zero-order valence-electron chi connectivity index (χ0n) is 16.1. The lowest BCUT2D eigenvalue weighted by Gasteiger charge is -2.06. The van der Waals surface area contributed by atoms with Gasteiger partial charge in [0, 0.05) is 22.7 Å². The number of carbonyl (C=O) groups excluding carboxylic acids is 1. The second-order valence-corrected chi connectivity index (χ2v) is 7.19. The van der Waals surface area contributed by atoms with E-state index in [4.69, 9.17) is 20.8 Å². The number of fused-ring (bicyclic) bond motifs is 1. The van der Waals surface area contributed by atoms with E-state index in [2.05, 4.69) is 0 Å². The van der Waals surface area contributed by atoms with Crippen molar-refractivity contribution in [2.45, 2.75) is 6.92 Å². The number of benzene rings is 3. The second kappa shape index (κ2) is 8.39. The van der Waals surface area contributed by atoms with Crippen molar-refractivity contribution in [3.05, 3.63) is 105 Å². The van der Waals surface area contributed by atoms with Crippen molar-refractivity contribution >= 4 is 34.6 Å². The molecule has 4 rings (SSSR count). The average Bonchev–Trinajstić information content (AvgIpc) is 2.74. The molecule has 1 aromatic heterocycles. The van der Waals surface area contributed by atoms with Gasteiger partial charge in [-0.05, 0) is 36.8 Å². The first-order valence-corrected chi connectivity index (χ1v) is 9.66. The molecule has 0 spiro atoms. The van der Waals surface area contributed by atoms with Gasteiger partial charge in [-0.3, -0.25) is 4.79 Å². The van der Waals surface area contributed by atoms with E-state index in [1.807, 2.05) is 31.2 Å². The van der Waals surface area contributed by atoms with Crippen LogP contribution in [-0.4, -0.2) is 5.97 Å². The summed E-state index contributed by atoms with van der Waals surface area (Å²) in [5.41, 5.74) is 3.13. The molecular weight excluding hydrogens is 400 g/mol. The SMILES string of the molecule is Cc1ccc(C=CC(=O)Oc2ccc3c(=O)c(-c4ccccc4Cl)coc3c2)cc1. The molecule has 0 saturated carbocycles. The van der Waals surface area contributed by atoms with Crippen molar-refractivity contribution < 1.29 is 13.9 Å². The molecule has 0 bridgehead atoms. The maximum Gasteiger partial charge on any atom is 0.336 e. The minimum atomic E-state index is -0.523. The van der Waals surface area contributed by atoms with Crippen LogP contribution in [0.4, 0.5) is 0 Å². The number of rotatable bonds is 4. The van der Waals surface area contributed by atoms with Gasteiger partial charge in [-0.15, -0.1) is 0 Å². The Morgan fingerprint density at radius 2 is 1.77 bits per heavy atom. The van der Waals surface area contributed by atoms with Crippen LogP contribution in [0.25, 0.3) is 28.2 Å². The number of carbonyl (C=O) groups is 1. The molecule has 0 aliphatic rings. The number of ether oxygens (including phenoxy) is 1. The van der Waals surface area contributed by atoms with Crippen molar-refractivity contribution in [3.8, 4) is 16.9 Å². The van der Waals surface area contributed by atoms with Gasteiger partial charge in [0.15, 0.2) is 0 Å². The molecule has 30 heavy (non-hydrogen) atoms. The van der Waals surface area contributed by atoms with Crippen LogP contribution in [-0.2, 0) is 4.79 Å². The molecular formula is C25H17ClO4. The van der Waals surface area contributed by atoms with Crippen molar-refractivity contribution in [1.82, 2.24) is 0 Å². The van der Waals surface area contributed by atoms with Crippen molar-refractivity contribution in [1.29, 1.82) is 0 Å². The lowest BCUT2D eigenvalue weighted by molar-refractivity contribution is -0.128. The van der Waals surface area contributed by atoms with E-state index in [-0.39, 0.29) is 11.2 Å². The third-order valence-electron chi connectivity index (χ3n) is 4.62. The molecule has 3 aromatic carbocycles. The zero-order valence-corrected chi connectivity index (χ0v) is 16.8. The van der Waals surface area contributed by atoms with Crippen LogP contribution in [0.1, 0.15) is 11.1 Å². The Hall–Kier alpha value is -3.63. The standard InChI is InChI=1S/C25H17ClO4/c1-16-6-8-17(9-7-16)10-13-24(27)30-18-11-12-20-23(14-18)29-15-21(25(20)28)19-4-2-3-5-22(19)26/h2-15H,1H3. The molecule has 0 atom stereocenters. The minimum absolute atomic E-state index is 0.207. The molecule has 0 N–H and O–H groups in total. The largest absolute Gasteiger partial charge is 0.463 e. The van der Waals surface area contributed by atoms with Gasteiger partial charge < -0.3 is 9.15 Å². The van der Waals surface area contributed by atoms with Crippen LogP contribution >= 0.6 is 11.6 Å². The Bertz CT molecular complexity index is 1320. The van der Waals surface area contributed by atoms with Crippen LogP contribution < -0.4 is 10.2 Å². The first-order valence-electron chi connectivity index (χ1n) is 9.28. The molecule has 148 valence electrons. The fourth-order valence-electron chi connectivity index (χ4n) is 3.03. The lowest BCUT2D eigenvalue weighted by atomic mass is 10.1. The van der Waals surface area contributed by atoms with E-state index < -0.39 is 5.97 Å². The highest BCUT2D eigenvalue weighted by Crippen LogP contribution is 2.28. The monoisotopic (exact) mass is 416 g/mol. The van der Waals surface area contributed by atoms with Crippen LogP contribution in [0, 0.1) is 6.92 Å². The number of aryl methyl sites for hydroxylation is 1. The summed E-state index contributed by atoms with van der Waals surface area (Å²) in [6.07, 6.45) is 4.40. The van der Waals surface area contributed by atoms with Gasteiger partial charge in [-0.2, -0.15) is 0 Å². The molecule has 4 nitrogen and oxygen atoms in total. The fourth-order valence-corrected chi connectivity index (χ4v) is 3.27. The summed E-state index contributed by atoms with van der Waals surface area (Å²) in [5, 5.41) is 0.845. The summed E-state index contributed by atoms with van der Waals surface area (Å²) in [5.74, 6) is -0.236. The predicted octanol–water partition coefficient (Wildman–Crippen LogP) is 6.04. The van der Waals surface area contributed by atoms with E-state index in [1.165, 1.54) is 18.4 Å². The Balaban J connectivity index is 1.57. The highest BCUT2D eigenvalue weighted by molar-refractivity contribution is 6.33. The fraction of sp³-hybridized carbons (Fsp3) is 0.0400. The highest BCUT2D eigenvalue weighted by atomic mass is 35.5. The maximum atomic E-state index is 12.9. The summed E-state index contributed by atoms with van der Waals surface area (Å²) in [7, 11) is 0. The first kappa shape index (κ1) is 19.7. The summed E-state index contributed by atoms with van der Waals surface area (Å²) >= 11 is 6.20. The van der Waals surface area contributed by atoms with Gasteiger partial charge in [0.2, 0.25) is 5.43 Å². The molecule has 0 aliphatic heterocycles. The van der Waals surface area contributed by atoms with Crippen LogP contribution in [0.2, 0.25) is 5.02 Å². The topological polar surface area (TPSA) is 56.5 Å². The van der Waals surface area contributed by atoms with Crippen molar-refractivity contribution in [3.63, 3.8) is 0 Å². The number of esters is 1. The van der Waals surface area contributed by atoms with Crippen LogP contribution in [0.3, 0.4) is 0 Å². The Labute approximate surface area is 178 Å². The van der Waals surface area contributed by atoms with Crippen molar-refractivity contribution in [2.75, 3.05) is 0 Å². The van der Waals surface area contributed by atoms with Gasteiger partial charge in [0.1, 0.15) is 17.6 Å². The van der Waals surface area contributed by atoms with Crippen LogP contribution in [0.5, 0.6) is 5.75 Å². The van der Waals surface area contributed by atoms with Gasteiger partial charge in [0.05, 0.1) is 10.9 Å². The summed E-state index contributed by atoms with van der Waals surface area (Å²) in [6.45, 7) is 2.00. The van der Waals surface area contributed by atoms with Crippen molar-refractivity contribution in [2.24, 2.45) is 0 Å². The number of hydrogen-bond donors (Lipinski definition) is 0. The van der Waals surface area contributed by atoms with E-state index in [0.717, 1.165) is 11.1 Å². The average molecular weight is 417 g/mol. The van der Waals surface area contributed by atoms with Gasteiger partial charge in [-0.25, -0.2) is 4.79 Å². The molecule has 0 unspecified atom stereocenters. The third kappa shape index (κ3) is 4.19. The number of halogens is 1. The molecule has 4 aromatic rings. The molecule has 0 aliphatic carbocycles. The molecule has 0 fully saturated rings. The molecule has 0 radical (unpaired) electrons. The predicted molar refractivity (Wildman–Crippen MR) is 119 cm³/mol. The smallest absolute Gasteiger partial charge is 0.336 e. The highest BCUT2D eigenvalue weighted by Gasteiger charge is 2.13. The van der Waals surface area contributed by atoms with Gasteiger partial charge in [0.25, 0.3) is 0 Å².